The van der Waals surface area contributed by atoms with Gasteiger partial charge in [0.1, 0.15) is 0 Å². The first-order valence-corrected chi connectivity index (χ1v) is 12.4. The van der Waals surface area contributed by atoms with Gasteiger partial charge in [-0.15, -0.1) is 0 Å². The highest BCUT2D eigenvalue weighted by atomic mass is 32.2. The summed E-state index contributed by atoms with van der Waals surface area (Å²) in [7, 11) is 0. The Morgan fingerprint density at radius 1 is 0.722 bits per heavy atom. The van der Waals surface area contributed by atoms with Crippen LogP contribution in [-0.2, 0) is 0 Å². The van der Waals surface area contributed by atoms with E-state index in [4.69, 9.17) is 0 Å². The predicted molar refractivity (Wildman–Crippen MR) is 151 cm³/mol. The molecular formula is C29H26N6S. The Bertz CT molecular complexity index is 1460. The lowest BCUT2D eigenvalue weighted by Gasteiger charge is -2.12. The van der Waals surface area contributed by atoms with Crippen LogP contribution in [0.2, 0.25) is 0 Å². The Labute approximate surface area is 215 Å². The quantitative estimate of drug-likeness (QED) is 0.199. The number of benzene rings is 3. The molecule has 0 unspecified atom stereocenters. The zero-order valence-electron chi connectivity index (χ0n) is 20.1. The van der Waals surface area contributed by atoms with Crippen molar-refractivity contribution in [1.82, 2.24) is 9.97 Å². The lowest BCUT2D eigenvalue weighted by Crippen LogP contribution is -1.94. The summed E-state index contributed by atoms with van der Waals surface area (Å²) in [6.07, 6.45) is 5.29. The van der Waals surface area contributed by atoms with E-state index < -0.39 is 0 Å². The lowest BCUT2D eigenvalue weighted by molar-refractivity contribution is 1.32. The highest BCUT2D eigenvalue weighted by Gasteiger charge is 2.05. The van der Waals surface area contributed by atoms with Gasteiger partial charge in [-0.25, -0.2) is 0 Å². The molecule has 0 spiro atoms. The summed E-state index contributed by atoms with van der Waals surface area (Å²) >= 11 is 1.54. The van der Waals surface area contributed by atoms with Gasteiger partial charge in [0.2, 0.25) is 0 Å². The molecule has 178 valence electrons. The molecule has 5 aromatic rings. The van der Waals surface area contributed by atoms with E-state index in [9.17, 15) is 5.26 Å². The summed E-state index contributed by atoms with van der Waals surface area (Å²) in [5, 5.41) is 17.0. The van der Waals surface area contributed by atoms with Crippen molar-refractivity contribution in [3.8, 4) is 6.07 Å². The minimum Gasteiger partial charge on any atom is -0.355 e. The third kappa shape index (κ3) is 6.32. The molecule has 0 radical (unpaired) electrons. The van der Waals surface area contributed by atoms with Crippen molar-refractivity contribution in [2.45, 2.75) is 18.7 Å². The zero-order chi connectivity index (χ0) is 25.2. The summed E-state index contributed by atoms with van der Waals surface area (Å²) < 4.78 is 3.39. The number of nitriles is 1. The van der Waals surface area contributed by atoms with Crippen molar-refractivity contribution in [3.05, 3.63) is 109 Å². The van der Waals surface area contributed by atoms with Gasteiger partial charge in [0, 0.05) is 57.3 Å². The van der Waals surface area contributed by atoms with E-state index in [1.807, 2.05) is 80.6 Å². The van der Waals surface area contributed by atoms with Gasteiger partial charge in [0.15, 0.2) is 0 Å². The van der Waals surface area contributed by atoms with Crippen LogP contribution in [0.1, 0.15) is 19.4 Å². The molecule has 3 aromatic carbocycles. The summed E-state index contributed by atoms with van der Waals surface area (Å²) in [5.74, 6) is 0. The van der Waals surface area contributed by atoms with Crippen molar-refractivity contribution in [2.24, 2.45) is 0 Å². The van der Waals surface area contributed by atoms with Crippen LogP contribution in [0.5, 0.6) is 0 Å². The van der Waals surface area contributed by atoms with Crippen LogP contribution in [0.3, 0.4) is 0 Å². The molecule has 0 saturated heterocycles. The number of fused-ring (bicyclic) bond motifs is 1. The molecule has 6 nitrogen and oxygen atoms in total. The smallest absolute Gasteiger partial charge is 0.0991 e. The topological polar surface area (TPSA) is 85.7 Å². The molecule has 7 heteroatoms. The van der Waals surface area contributed by atoms with Crippen molar-refractivity contribution in [1.29, 1.82) is 5.26 Å². The number of anilines is 5. The van der Waals surface area contributed by atoms with Gasteiger partial charge >= 0.3 is 0 Å². The molecule has 0 fully saturated rings. The normalized spacial score (nSPS) is 10.0. The number of rotatable bonds is 7. The van der Waals surface area contributed by atoms with Crippen LogP contribution in [-0.4, -0.2) is 9.97 Å². The van der Waals surface area contributed by atoms with Gasteiger partial charge in [0.25, 0.3) is 0 Å². The SMILES string of the molecule is CC.N#Cc1ccc2nccc(Nc3cccc(SNc4ccc(Nc5ccncc5)cc4)c3)c2c1. The van der Waals surface area contributed by atoms with E-state index in [2.05, 4.69) is 43.5 Å². The van der Waals surface area contributed by atoms with E-state index in [0.717, 1.165) is 44.2 Å². The Morgan fingerprint density at radius 3 is 2.25 bits per heavy atom. The van der Waals surface area contributed by atoms with Gasteiger partial charge in [-0.2, -0.15) is 5.26 Å². The maximum Gasteiger partial charge on any atom is 0.0991 e. The molecule has 0 amide bonds. The number of nitrogens with one attached hydrogen (secondary N) is 3. The summed E-state index contributed by atoms with van der Waals surface area (Å²) in [6, 6.07) is 29.8. The van der Waals surface area contributed by atoms with E-state index in [0.29, 0.717) is 5.56 Å². The van der Waals surface area contributed by atoms with Crippen LogP contribution in [0, 0.1) is 11.3 Å². The van der Waals surface area contributed by atoms with Crippen molar-refractivity contribution < 1.29 is 0 Å². The van der Waals surface area contributed by atoms with Gasteiger partial charge in [-0.1, -0.05) is 19.9 Å². The molecule has 0 aliphatic carbocycles. The highest BCUT2D eigenvalue weighted by molar-refractivity contribution is 8.00. The maximum absolute atomic E-state index is 9.24. The first-order valence-electron chi connectivity index (χ1n) is 11.6. The molecular weight excluding hydrogens is 464 g/mol. The van der Waals surface area contributed by atoms with Crippen LogP contribution >= 0.6 is 11.9 Å². The molecule has 36 heavy (non-hydrogen) atoms. The minimum atomic E-state index is 0.610. The molecule has 0 bridgehead atoms. The Balaban J connectivity index is 0.00000148. The first kappa shape index (κ1) is 24.6. The predicted octanol–water partition coefficient (Wildman–Crippen LogP) is 8.13. The summed E-state index contributed by atoms with van der Waals surface area (Å²) in [6.45, 7) is 4.00. The highest BCUT2D eigenvalue weighted by Crippen LogP contribution is 2.29. The maximum atomic E-state index is 9.24. The first-order chi connectivity index (χ1) is 17.8. The van der Waals surface area contributed by atoms with Gasteiger partial charge in [-0.3, -0.25) is 9.97 Å². The third-order valence-electron chi connectivity index (χ3n) is 5.12. The van der Waals surface area contributed by atoms with Crippen LogP contribution in [0.4, 0.5) is 28.4 Å². The fourth-order valence-corrected chi connectivity index (χ4v) is 4.16. The second-order valence-corrected chi connectivity index (χ2v) is 8.38. The number of aromatic nitrogens is 2. The van der Waals surface area contributed by atoms with Crippen molar-refractivity contribution in [2.75, 3.05) is 15.4 Å². The molecule has 2 aromatic heterocycles. The molecule has 0 aliphatic heterocycles. The molecule has 2 heterocycles. The Morgan fingerprint density at radius 2 is 1.47 bits per heavy atom. The van der Waals surface area contributed by atoms with Crippen LogP contribution in [0.25, 0.3) is 10.9 Å². The zero-order valence-corrected chi connectivity index (χ0v) is 20.9. The largest absolute Gasteiger partial charge is 0.355 e. The molecule has 5 rings (SSSR count). The standard InChI is InChI=1S/C27H20N6S.C2H6/c28-18-19-4-9-26-25(16-19)27(12-15-30-26)32-23-2-1-3-24(17-23)34-33-22-7-5-20(6-8-22)31-21-10-13-29-14-11-21;1-2/h1-17,33H,(H,29,31)(H,30,32);1-2H3. The summed E-state index contributed by atoms with van der Waals surface area (Å²) in [5.41, 5.74) is 6.34. The Hall–Kier alpha value is -4.54. The van der Waals surface area contributed by atoms with E-state index in [-0.39, 0.29) is 0 Å². The fourth-order valence-electron chi connectivity index (χ4n) is 3.46. The van der Waals surface area contributed by atoms with Gasteiger partial charge in [-0.05, 0) is 90.8 Å². The van der Waals surface area contributed by atoms with E-state index in [1.165, 1.54) is 0 Å². The van der Waals surface area contributed by atoms with E-state index >= 15 is 0 Å². The number of hydrogen-bond acceptors (Lipinski definition) is 7. The second-order valence-electron chi connectivity index (χ2n) is 7.50. The van der Waals surface area contributed by atoms with Crippen molar-refractivity contribution >= 4 is 51.3 Å². The van der Waals surface area contributed by atoms with Crippen molar-refractivity contribution in [3.63, 3.8) is 0 Å². The lowest BCUT2D eigenvalue weighted by atomic mass is 10.1. The molecule has 0 saturated carbocycles. The average Bonchev–Trinajstić information content (AvgIpc) is 2.94. The average molecular weight is 491 g/mol. The minimum absolute atomic E-state index is 0.610. The summed E-state index contributed by atoms with van der Waals surface area (Å²) in [4.78, 5) is 9.50. The number of hydrogen-bond donors (Lipinski definition) is 3. The molecule has 3 N–H and O–H groups in total. The second kappa shape index (κ2) is 12.2. The fraction of sp³-hybridized carbons (Fsp3) is 0.0690. The molecule has 0 aliphatic rings. The number of pyridine rings is 2. The molecule has 0 atom stereocenters. The Kier molecular flexibility index (Phi) is 8.36. The van der Waals surface area contributed by atoms with E-state index in [1.54, 1.807) is 36.6 Å². The van der Waals surface area contributed by atoms with Gasteiger partial charge < -0.3 is 15.4 Å². The third-order valence-corrected chi connectivity index (χ3v) is 5.95. The monoisotopic (exact) mass is 490 g/mol. The number of nitrogens with zero attached hydrogens (tertiary/aromatic N) is 3. The van der Waals surface area contributed by atoms with Crippen LogP contribution < -0.4 is 15.4 Å². The van der Waals surface area contributed by atoms with Crippen LogP contribution in [0.15, 0.2) is 108 Å². The van der Waals surface area contributed by atoms with Gasteiger partial charge in [0.05, 0.1) is 17.1 Å².